The van der Waals surface area contributed by atoms with Crippen molar-refractivity contribution in [3.8, 4) is 5.75 Å². The Morgan fingerprint density at radius 3 is 1.72 bits per heavy atom. The zero-order valence-electron chi connectivity index (χ0n) is 74.7. The lowest BCUT2D eigenvalue weighted by molar-refractivity contribution is -0.152. The molecule has 2 unspecified atom stereocenters. The van der Waals surface area contributed by atoms with E-state index in [4.69, 9.17) is 11.5 Å². The molecule has 5 aromatic carbocycles. The fourth-order valence-electron chi connectivity index (χ4n) is 15.6. The van der Waals surface area contributed by atoms with Crippen LogP contribution in [0.3, 0.4) is 0 Å². The number of nitrogens with two attached hydrogens (primary N) is 2. The SMILES string of the molecule is CCCC[C@@H](C(=O)N1C[C@H](O)C[C@@H]1C(=O)N[C@@H](CC(=O)O)C(=O)N[C@H](C(=O)N(C)C(Cc1ccccc1)C(=O)N[C@@H](CC(N)=O)C(=O)N1CC[C@@H](O)C1)C(C)C)N(C)C(=O)[C@H](Cc1ccccc1)N(C)C(=O)[C@H](Cc1ccc(F)c(F)c1)NC(=O)CSC[C@H](NC(=O)[C@H](CCC(=O)O)NC(=O)C(Cc1ccc(O)cc1)NC(=O)[C@H](Cc1c[nH]c2ccccc12)NC=O)C(=O)NCC(N)=O. The molecule has 2 aliphatic heterocycles. The van der Waals surface area contributed by atoms with Crippen LogP contribution in [0.15, 0.2) is 134 Å². The van der Waals surface area contributed by atoms with Gasteiger partial charge < -0.3 is 114 Å². The molecule has 3 heterocycles. The smallest absolute Gasteiger partial charge is 0.305 e. The number of likely N-dealkylation sites (tertiary alicyclic amines) is 2. The zero-order chi connectivity index (χ0) is 98.3. The number of thioether (sulfide) groups is 1. The Morgan fingerprint density at radius 2 is 1.12 bits per heavy atom. The number of aromatic nitrogens is 1. The minimum absolute atomic E-state index is 0.0667. The van der Waals surface area contributed by atoms with Crippen molar-refractivity contribution >= 4 is 130 Å². The molecule has 0 aliphatic carbocycles. The van der Waals surface area contributed by atoms with Gasteiger partial charge >= 0.3 is 11.9 Å². The number of unbranched alkanes of at least 4 members (excludes halogenated alkanes) is 1. The second-order valence-electron chi connectivity index (χ2n) is 33.3. The molecular weight excluding hydrogens is 1770 g/mol. The lowest BCUT2D eigenvalue weighted by Gasteiger charge is -2.38. The number of phenols is 1. The summed E-state index contributed by atoms with van der Waals surface area (Å²) in [6, 6.07) is 12.0. The lowest BCUT2D eigenvalue weighted by atomic mass is 9.98. The van der Waals surface area contributed by atoms with Gasteiger partial charge in [0.25, 0.3) is 0 Å². The number of nitrogens with one attached hydrogen (secondary N) is 10. The summed E-state index contributed by atoms with van der Waals surface area (Å²) in [5.74, 6) is -23.1. The quantitative estimate of drug-likeness (QED) is 0.0195. The molecule has 2 fully saturated rings. The van der Waals surface area contributed by atoms with Crippen LogP contribution in [0.4, 0.5) is 8.78 Å². The highest BCUT2D eigenvalue weighted by Crippen LogP contribution is 2.28. The van der Waals surface area contributed by atoms with Crippen molar-refractivity contribution in [2.75, 3.05) is 58.8 Å². The maximum Gasteiger partial charge on any atom is 0.305 e. The number of aliphatic hydroxyl groups excluding tert-OH is 2. The van der Waals surface area contributed by atoms with E-state index >= 15 is 18.8 Å². The monoisotopic (exact) mass is 1880 g/mol. The number of carboxylic acid groups (broad SMARTS) is 2. The second-order valence-corrected chi connectivity index (χ2v) is 34.3. The van der Waals surface area contributed by atoms with E-state index in [9.17, 15) is 102 Å². The number of nitrogens with zero attached hydrogens (tertiary/aromatic N) is 5. The highest BCUT2D eigenvalue weighted by molar-refractivity contribution is 8.00. The summed E-state index contributed by atoms with van der Waals surface area (Å²) in [5.41, 5.74) is 13.5. The van der Waals surface area contributed by atoms with Gasteiger partial charge in [-0.3, -0.25) is 86.3 Å². The van der Waals surface area contributed by atoms with E-state index in [1.807, 2.05) is 0 Å². The van der Waals surface area contributed by atoms with Gasteiger partial charge in [0.1, 0.15) is 78.3 Å². The first-order chi connectivity index (χ1) is 63.6. The normalized spacial score (nSPS) is 16.5. The van der Waals surface area contributed by atoms with Crippen LogP contribution >= 0.6 is 11.8 Å². The first kappa shape index (κ1) is 105. The van der Waals surface area contributed by atoms with Gasteiger partial charge in [-0.1, -0.05) is 131 Å². The maximum atomic E-state index is 15.7. The van der Waals surface area contributed by atoms with Crippen molar-refractivity contribution in [2.45, 2.75) is 195 Å². The van der Waals surface area contributed by atoms with Crippen LogP contribution in [-0.4, -0.2) is 306 Å². The molecule has 40 nitrogen and oxygen atoms in total. The molecule has 0 bridgehead atoms. The van der Waals surface area contributed by atoms with E-state index in [2.05, 4.69) is 52.8 Å². The van der Waals surface area contributed by atoms with Gasteiger partial charge in [-0.15, -0.1) is 11.8 Å². The summed E-state index contributed by atoms with van der Waals surface area (Å²) in [5, 5.41) is 74.7. The molecule has 43 heteroatoms. The van der Waals surface area contributed by atoms with E-state index < -0.39 is 266 Å². The number of likely N-dealkylation sites (N-methyl/N-ethyl adjacent to an activating group) is 3. The number of fused-ring (bicyclic) bond motifs is 1. The highest BCUT2D eigenvalue weighted by Gasteiger charge is 2.47. The van der Waals surface area contributed by atoms with Crippen molar-refractivity contribution in [3.63, 3.8) is 0 Å². The van der Waals surface area contributed by atoms with Crippen molar-refractivity contribution in [1.29, 1.82) is 0 Å². The molecule has 8 rings (SSSR count). The standard InChI is InChI=1S/C91H115F2N17O23S/c1-7-8-23-70(90(132)110-46-58(114)40-72(110)86(128)102-66(42-78(120)121)84(126)105-79(50(2)3)91(133)107(5)71(37-51-17-11-9-12-18-51)85(127)103-68(41-74(94)115)88(130)109-33-32-57(113)45-109)106(4)89(131)73(38-52-19-13-10-14-20-52)108(6)87(129)67(36-54-26-29-60(92)61(93)34-54)99-76(117)48-134-47-69(80(122)97-44-75(95)116)104-81(123)63(30-31-77(118)119)100-83(125)65(35-53-24-27-56(112)28-25-53)101-82(124)64(98-49-111)39-55-43-96-62-22-16-15-21-59(55)62/h9-22,24-29,34,43,49-50,57-58,63-73,79,96,112-114H,7-8,23,30-33,35-42,44-48H2,1-6H3,(H2,94,115)(H2,95,116)(H,97,122)(H,98,111)(H,99,117)(H,100,125)(H,101,124)(H,102,128)(H,103,127)(H,104,123)(H,105,126)(H,118,119)(H,120,121)/t57-,58-,63+,64+,65?,66+,67+,68+,69+,70+,71?,72-,73+,79+/m1/s1. The number of phenolic OH excluding ortho intramolecular Hbond substituents is 1. The Kier molecular flexibility index (Phi) is 39.8. The minimum Gasteiger partial charge on any atom is -0.508 e. The van der Waals surface area contributed by atoms with Gasteiger partial charge in [0, 0.05) is 109 Å². The maximum absolute atomic E-state index is 15.7. The van der Waals surface area contributed by atoms with Crippen molar-refractivity contribution in [1.82, 2.24) is 77.3 Å². The Balaban J connectivity index is 1.01. The number of benzene rings is 5. The summed E-state index contributed by atoms with van der Waals surface area (Å²) in [7, 11) is 3.67. The molecular formula is C91H115F2N17O23S. The number of aromatic hydroxyl groups is 1. The van der Waals surface area contributed by atoms with Crippen LogP contribution in [0.25, 0.3) is 10.9 Å². The summed E-state index contributed by atoms with van der Waals surface area (Å²) >= 11 is 0.631. The van der Waals surface area contributed by atoms with Crippen LogP contribution < -0.4 is 59.3 Å². The molecule has 722 valence electrons. The number of primary amides is 2. The molecule has 2 saturated heterocycles. The van der Waals surface area contributed by atoms with Crippen LogP contribution in [0.5, 0.6) is 5.75 Å². The van der Waals surface area contributed by atoms with Crippen LogP contribution in [-0.2, 0) is 118 Å². The first-order valence-electron chi connectivity index (χ1n) is 43.4. The number of aromatic amines is 1. The second kappa shape index (κ2) is 50.6. The predicted octanol–water partition coefficient (Wildman–Crippen LogP) is -1.40. The average Bonchev–Trinajstić information content (AvgIpc) is 1.70. The number of carboxylic acids is 2. The molecule has 0 spiro atoms. The van der Waals surface area contributed by atoms with Crippen molar-refractivity contribution in [2.24, 2.45) is 17.4 Å². The third-order valence-electron chi connectivity index (χ3n) is 22.9. The third kappa shape index (κ3) is 30.8. The van der Waals surface area contributed by atoms with Crippen molar-refractivity contribution in [3.05, 3.63) is 173 Å². The number of aliphatic hydroxyl groups is 2. The molecule has 134 heavy (non-hydrogen) atoms. The minimum atomic E-state index is -2.01. The van der Waals surface area contributed by atoms with E-state index in [1.165, 1.54) is 64.2 Å². The summed E-state index contributed by atoms with van der Waals surface area (Å²) in [6.07, 6.45) is -4.88. The largest absolute Gasteiger partial charge is 0.508 e. The molecule has 1 aromatic heterocycles. The number of para-hydroxylation sites is 1. The van der Waals surface area contributed by atoms with Gasteiger partial charge in [-0.25, -0.2) is 8.78 Å². The van der Waals surface area contributed by atoms with Crippen LogP contribution in [0, 0.1) is 17.6 Å². The Morgan fingerprint density at radius 1 is 0.545 bits per heavy atom. The number of H-pyrrole nitrogens is 1. The Hall–Kier alpha value is -14.0. The van der Waals surface area contributed by atoms with Gasteiger partial charge in [-0.2, -0.15) is 0 Å². The van der Waals surface area contributed by atoms with Crippen molar-refractivity contribution < 1.29 is 121 Å². The number of carbonyl (C=O) groups excluding carboxylic acids is 16. The summed E-state index contributed by atoms with van der Waals surface area (Å²) in [6.45, 7) is 3.46. The van der Waals surface area contributed by atoms with E-state index in [0.717, 1.165) is 48.7 Å². The van der Waals surface area contributed by atoms with E-state index in [1.54, 1.807) is 98.0 Å². The fourth-order valence-corrected chi connectivity index (χ4v) is 16.5. The van der Waals surface area contributed by atoms with Gasteiger partial charge in [0.2, 0.25) is 95.0 Å². The third-order valence-corrected chi connectivity index (χ3v) is 23.9. The molecule has 0 saturated carbocycles. The number of rotatable bonds is 51. The number of amides is 16. The molecule has 2 aliphatic rings. The summed E-state index contributed by atoms with van der Waals surface area (Å²) in [4.78, 5) is 260. The number of aliphatic carboxylic acids is 2. The van der Waals surface area contributed by atoms with Gasteiger partial charge in [-0.05, 0) is 83.3 Å². The molecule has 6 aromatic rings. The Labute approximate surface area is 774 Å². The van der Waals surface area contributed by atoms with Crippen LogP contribution in [0.1, 0.15) is 106 Å². The molecule has 16 amide bonds. The molecule has 19 N–H and O–H groups in total. The van der Waals surface area contributed by atoms with Crippen LogP contribution in [0.2, 0.25) is 0 Å². The Bertz CT molecular complexity index is 5200. The zero-order valence-corrected chi connectivity index (χ0v) is 75.5. The predicted molar refractivity (Wildman–Crippen MR) is 480 cm³/mol. The van der Waals surface area contributed by atoms with Gasteiger partial charge in [0.05, 0.1) is 37.3 Å². The van der Waals surface area contributed by atoms with E-state index in [0.29, 0.717) is 40.4 Å². The molecule has 0 radical (unpaired) electrons. The number of hydrogen-bond donors (Lipinski definition) is 17. The average molecular weight is 1890 g/mol. The fraction of sp³-hybridized carbons (Fsp3) is 0.451. The molecule has 14 atom stereocenters. The highest BCUT2D eigenvalue weighted by atomic mass is 32.2. The number of carbonyl (C=O) groups is 18. The van der Waals surface area contributed by atoms with Gasteiger partial charge in [0.15, 0.2) is 11.6 Å². The number of halogens is 2. The summed E-state index contributed by atoms with van der Waals surface area (Å²) < 4.78 is 29.8. The lowest BCUT2D eigenvalue weighted by Crippen LogP contribution is -2.61. The first-order valence-corrected chi connectivity index (χ1v) is 44.6. The topological polar surface area (TPSA) is 601 Å². The number of β-amino-alcohol motifs (C(OH)–C–C–N with tert-alkyl or cyclic N) is 2. The number of hydrogen-bond acceptors (Lipinski definition) is 22. The van der Waals surface area contributed by atoms with E-state index in [-0.39, 0.29) is 75.8 Å².